The fraction of sp³-hybridized carbons (Fsp3) is 0.0556. The lowest BCUT2D eigenvalue weighted by Crippen LogP contribution is -2.01. The Morgan fingerprint density at radius 1 is 1.08 bits per heavy atom. The number of carbonyl (C=O) groups is 1. The molecule has 7 heteroatoms. The minimum Gasteiger partial charge on any atom is -0.454 e. The second-order valence-electron chi connectivity index (χ2n) is 5.42. The Labute approximate surface area is 146 Å². The van der Waals surface area contributed by atoms with Gasteiger partial charge in [0.1, 0.15) is 10.7 Å². The first-order chi connectivity index (χ1) is 12.1. The first-order valence-corrected chi connectivity index (χ1v) is 8.28. The van der Waals surface area contributed by atoms with Crippen LogP contribution in [-0.2, 0) is 0 Å². The molecule has 0 fully saturated rings. The SMILES string of the molecule is Nc1cc(Nc2ccc3c(c2)OCO3)sc1C(=O)c1ccc(F)cc1. The number of rotatable bonds is 4. The number of ether oxygens (including phenoxy) is 2. The number of nitrogens with one attached hydrogen (secondary N) is 1. The fourth-order valence-corrected chi connectivity index (χ4v) is 3.46. The van der Waals surface area contributed by atoms with E-state index in [0.717, 1.165) is 10.7 Å². The smallest absolute Gasteiger partial charge is 0.231 e. The number of thiophene rings is 1. The molecule has 0 saturated carbocycles. The van der Waals surface area contributed by atoms with Crippen LogP contribution in [0.1, 0.15) is 15.2 Å². The van der Waals surface area contributed by atoms with E-state index < -0.39 is 0 Å². The van der Waals surface area contributed by atoms with Crippen molar-refractivity contribution < 1.29 is 18.7 Å². The molecule has 4 rings (SSSR count). The molecule has 0 atom stereocenters. The molecule has 1 aromatic heterocycles. The van der Waals surface area contributed by atoms with Gasteiger partial charge in [-0.3, -0.25) is 4.79 Å². The van der Waals surface area contributed by atoms with Gasteiger partial charge in [-0.25, -0.2) is 4.39 Å². The van der Waals surface area contributed by atoms with E-state index >= 15 is 0 Å². The third-order valence-corrected chi connectivity index (χ3v) is 4.78. The van der Waals surface area contributed by atoms with Gasteiger partial charge in [-0.1, -0.05) is 0 Å². The lowest BCUT2D eigenvalue weighted by Gasteiger charge is -2.04. The van der Waals surface area contributed by atoms with Crippen molar-refractivity contribution in [2.45, 2.75) is 0 Å². The van der Waals surface area contributed by atoms with Gasteiger partial charge in [0.25, 0.3) is 0 Å². The van der Waals surface area contributed by atoms with Gasteiger partial charge in [0.05, 0.1) is 10.7 Å². The van der Waals surface area contributed by atoms with Gasteiger partial charge in [-0.15, -0.1) is 11.3 Å². The number of ketones is 1. The third kappa shape index (κ3) is 3.01. The molecule has 3 aromatic rings. The maximum Gasteiger partial charge on any atom is 0.231 e. The Morgan fingerprint density at radius 3 is 2.64 bits per heavy atom. The lowest BCUT2D eigenvalue weighted by atomic mass is 10.1. The highest BCUT2D eigenvalue weighted by atomic mass is 32.1. The number of nitrogen functional groups attached to an aromatic ring is 1. The molecule has 0 radical (unpaired) electrons. The van der Waals surface area contributed by atoms with E-state index in [9.17, 15) is 9.18 Å². The van der Waals surface area contributed by atoms with E-state index in [0.29, 0.717) is 27.6 Å². The summed E-state index contributed by atoms with van der Waals surface area (Å²) in [6.07, 6.45) is 0. The number of halogens is 1. The summed E-state index contributed by atoms with van der Waals surface area (Å²) >= 11 is 1.24. The van der Waals surface area contributed by atoms with Crippen molar-refractivity contribution in [3.63, 3.8) is 0 Å². The zero-order chi connectivity index (χ0) is 17.4. The van der Waals surface area contributed by atoms with Crippen LogP contribution in [0.2, 0.25) is 0 Å². The van der Waals surface area contributed by atoms with Crippen molar-refractivity contribution in [1.29, 1.82) is 0 Å². The Hall–Kier alpha value is -3.06. The van der Waals surface area contributed by atoms with Gasteiger partial charge >= 0.3 is 0 Å². The lowest BCUT2D eigenvalue weighted by molar-refractivity contribution is 0.104. The maximum atomic E-state index is 13.0. The Bertz CT molecular complexity index is 953. The van der Waals surface area contributed by atoms with Gasteiger partial charge < -0.3 is 20.5 Å². The predicted molar refractivity (Wildman–Crippen MR) is 94.4 cm³/mol. The summed E-state index contributed by atoms with van der Waals surface area (Å²) in [6.45, 7) is 0.209. The number of benzene rings is 2. The van der Waals surface area contributed by atoms with Crippen LogP contribution in [0.3, 0.4) is 0 Å². The molecule has 25 heavy (non-hydrogen) atoms. The number of carbonyl (C=O) groups excluding carboxylic acids is 1. The topological polar surface area (TPSA) is 73.6 Å². The van der Waals surface area contributed by atoms with E-state index in [1.807, 2.05) is 18.2 Å². The average molecular weight is 356 g/mol. The summed E-state index contributed by atoms with van der Waals surface area (Å²) < 4.78 is 23.6. The van der Waals surface area contributed by atoms with E-state index in [2.05, 4.69) is 5.32 Å². The minimum absolute atomic E-state index is 0.209. The first-order valence-electron chi connectivity index (χ1n) is 7.46. The molecule has 126 valence electrons. The van der Waals surface area contributed by atoms with Crippen LogP contribution in [0.25, 0.3) is 0 Å². The van der Waals surface area contributed by atoms with Gasteiger partial charge in [0.2, 0.25) is 12.6 Å². The summed E-state index contributed by atoms with van der Waals surface area (Å²) in [5, 5.41) is 3.92. The summed E-state index contributed by atoms with van der Waals surface area (Å²) in [4.78, 5) is 13.0. The van der Waals surface area contributed by atoms with Crippen LogP contribution in [0.4, 0.5) is 20.8 Å². The van der Waals surface area contributed by atoms with E-state index in [1.54, 1.807) is 6.07 Å². The second kappa shape index (κ2) is 6.10. The quantitative estimate of drug-likeness (QED) is 0.686. The maximum absolute atomic E-state index is 13.0. The molecule has 0 saturated heterocycles. The van der Waals surface area contributed by atoms with E-state index in [1.165, 1.54) is 35.6 Å². The first kappa shape index (κ1) is 15.5. The zero-order valence-corrected chi connectivity index (χ0v) is 13.7. The van der Waals surface area contributed by atoms with Gasteiger partial charge in [0.15, 0.2) is 11.5 Å². The predicted octanol–water partition coefficient (Wildman–Crippen LogP) is 4.17. The van der Waals surface area contributed by atoms with Crippen molar-refractivity contribution >= 4 is 33.5 Å². The summed E-state index contributed by atoms with van der Waals surface area (Å²) in [6, 6.07) is 12.6. The normalized spacial score (nSPS) is 12.2. The van der Waals surface area contributed by atoms with Crippen LogP contribution >= 0.6 is 11.3 Å². The molecule has 1 aliphatic rings. The molecule has 0 aliphatic carbocycles. The van der Waals surface area contributed by atoms with Gasteiger partial charge in [-0.05, 0) is 42.5 Å². The molecule has 2 heterocycles. The fourth-order valence-electron chi connectivity index (χ4n) is 2.49. The number of hydrogen-bond donors (Lipinski definition) is 2. The Morgan fingerprint density at radius 2 is 1.84 bits per heavy atom. The zero-order valence-electron chi connectivity index (χ0n) is 12.9. The Kier molecular flexibility index (Phi) is 3.77. The number of nitrogens with two attached hydrogens (primary N) is 1. The summed E-state index contributed by atoms with van der Waals surface area (Å²) in [7, 11) is 0. The van der Waals surface area contributed by atoms with Gasteiger partial charge in [0, 0.05) is 17.3 Å². The van der Waals surface area contributed by atoms with Crippen LogP contribution in [0.15, 0.2) is 48.5 Å². The van der Waals surface area contributed by atoms with Gasteiger partial charge in [-0.2, -0.15) is 0 Å². The van der Waals surface area contributed by atoms with Crippen LogP contribution < -0.4 is 20.5 Å². The van der Waals surface area contributed by atoms with Crippen molar-refractivity contribution in [1.82, 2.24) is 0 Å². The van der Waals surface area contributed by atoms with Crippen LogP contribution in [0, 0.1) is 5.82 Å². The highest BCUT2D eigenvalue weighted by Gasteiger charge is 2.18. The third-order valence-electron chi connectivity index (χ3n) is 3.71. The summed E-state index contributed by atoms with van der Waals surface area (Å²) in [5.41, 5.74) is 7.55. The van der Waals surface area contributed by atoms with Crippen LogP contribution in [0.5, 0.6) is 11.5 Å². The summed E-state index contributed by atoms with van der Waals surface area (Å²) in [5.74, 6) is 0.739. The average Bonchev–Trinajstić information content (AvgIpc) is 3.21. The molecule has 3 N–H and O–H groups in total. The number of fused-ring (bicyclic) bond motifs is 1. The highest BCUT2D eigenvalue weighted by molar-refractivity contribution is 7.18. The van der Waals surface area contributed by atoms with Crippen molar-refractivity contribution in [2.24, 2.45) is 0 Å². The minimum atomic E-state index is -0.388. The standard InChI is InChI=1S/C18H13FN2O3S/c19-11-3-1-10(2-4-11)17(22)18-13(20)8-16(25-18)21-12-5-6-14-15(7-12)24-9-23-14/h1-8,21H,9,20H2. The molecule has 0 bridgehead atoms. The molecule has 0 unspecified atom stereocenters. The molecule has 0 spiro atoms. The monoisotopic (exact) mass is 356 g/mol. The molecular weight excluding hydrogens is 343 g/mol. The number of hydrogen-bond acceptors (Lipinski definition) is 6. The van der Waals surface area contributed by atoms with Crippen molar-refractivity contribution in [2.75, 3.05) is 17.8 Å². The molecule has 0 amide bonds. The van der Waals surface area contributed by atoms with E-state index in [-0.39, 0.29) is 18.4 Å². The number of anilines is 3. The largest absolute Gasteiger partial charge is 0.454 e. The molecule has 1 aliphatic heterocycles. The van der Waals surface area contributed by atoms with E-state index in [4.69, 9.17) is 15.2 Å². The van der Waals surface area contributed by atoms with Crippen molar-refractivity contribution in [3.05, 3.63) is 64.8 Å². The second-order valence-corrected chi connectivity index (χ2v) is 6.48. The van der Waals surface area contributed by atoms with Crippen molar-refractivity contribution in [3.8, 4) is 11.5 Å². The molecule has 2 aromatic carbocycles. The Balaban J connectivity index is 1.57. The van der Waals surface area contributed by atoms with Crippen LogP contribution in [-0.4, -0.2) is 12.6 Å². The molecular formula is C18H13FN2O3S. The molecule has 5 nitrogen and oxygen atoms in total. The highest BCUT2D eigenvalue weighted by Crippen LogP contribution is 2.37.